The number of anilines is 1. The molecule has 1 aromatic heterocycles. The Bertz CT molecular complexity index is 943. The maximum absolute atomic E-state index is 5.94. The monoisotopic (exact) mass is 391 g/mol. The van der Waals surface area contributed by atoms with Gasteiger partial charge in [-0.3, -0.25) is 0 Å². The molecule has 5 heteroatoms. The number of benzene rings is 2. The van der Waals surface area contributed by atoms with Crippen molar-refractivity contribution in [2.24, 2.45) is 0 Å². The Labute approximate surface area is 172 Å². The van der Waals surface area contributed by atoms with Crippen LogP contribution in [0.3, 0.4) is 0 Å². The maximum Gasteiger partial charge on any atom is 0.140 e. The van der Waals surface area contributed by atoms with Crippen molar-refractivity contribution in [3.63, 3.8) is 0 Å². The van der Waals surface area contributed by atoms with Gasteiger partial charge in [-0.2, -0.15) is 0 Å². The standard InChI is InChI=1S/C24H29N3O2/c1-17-23(18(2)29-25-17)16-28-22-11-9-19(10-12-22)14-27-15-21(26(3)4)13-20-7-5-6-8-24(20)27/h5-12,21H,13-16H2,1-4H3/t21-/m0/s1. The molecule has 1 atom stereocenters. The maximum atomic E-state index is 5.94. The quantitative estimate of drug-likeness (QED) is 0.624. The highest BCUT2D eigenvalue weighted by atomic mass is 16.5. The zero-order chi connectivity index (χ0) is 20.4. The molecule has 1 aliphatic heterocycles. The van der Waals surface area contributed by atoms with Gasteiger partial charge in [0.2, 0.25) is 0 Å². The van der Waals surface area contributed by atoms with Crippen LogP contribution in [-0.2, 0) is 19.6 Å². The zero-order valence-corrected chi connectivity index (χ0v) is 17.7. The van der Waals surface area contributed by atoms with Crippen LogP contribution < -0.4 is 9.64 Å². The van der Waals surface area contributed by atoms with Gasteiger partial charge in [-0.1, -0.05) is 35.5 Å². The zero-order valence-electron chi connectivity index (χ0n) is 17.7. The number of hydrogen-bond donors (Lipinski definition) is 0. The first kappa shape index (κ1) is 19.5. The fourth-order valence-electron chi connectivity index (χ4n) is 3.93. The number of aryl methyl sites for hydroxylation is 2. The van der Waals surface area contributed by atoms with Crippen LogP contribution in [0.4, 0.5) is 5.69 Å². The van der Waals surface area contributed by atoms with E-state index in [9.17, 15) is 0 Å². The van der Waals surface area contributed by atoms with Crippen molar-refractivity contribution in [1.82, 2.24) is 10.1 Å². The van der Waals surface area contributed by atoms with E-state index in [0.29, 0.717) is 12.6 Å². The van der Waals surface area contributed by atoms with Gasteiger partial charge in [0.25, 0.3) is 0 Å². The van der Waals surface area contributed by atoms with Crippen LogP contribution in [-0.4, -0.2) is 36.7 Å². The Morgan fingerprint density at radius 1 is 1.10 bits per heavy atom. The summed E-state index contributed by atoms with van der Waals surface area (Å²) in [6, 6.07) is 17.7. The highest BCUT2D eigenvalue weighted by molar-refractivity contribution is 5.56. The van der Waals surface area contributed by atoms with Crippen LogP contribution in [0, 0.1) is 13.8 Å². The fourth-order valence-corrected chi connectivity index (χ4v) is 3.93. The fraction of sp³-hybridized carbons (Fsp3) is 0.375. The third-order valence-corrected chi connectivity index (χ3v) is 5.81. The van der Waals surface area contributed by atoms with Gasteiger partial charge in [0.15, 0.2) is 0 Å². The second-order valence-electron chi connectivity index (χ2n) is 8.07. The minimum Gasteiger partial charge on any atom is -0.489 e. The molecule has 3 aromatic rings. The molecule has 152 valence electrons. The first-order valence-electron chi connectivity index (χ1n) is 10.1. The number of likely N-dealkylation sites (N-methyl/N-ethyl adjacent to an activating group) is 1. The van der Waals surface area contributed by atoms with Crippen molar-refractivity contribution in [2.45, 2.75) is 39.5 Å². The Morgan fingerprint density at radius 3 is 2.55 bits per heavy atom. The summed E-state index contributed by atoms with van der Waals surface area (Å²) < 4.78 is 11.1. The molecule has 29 heavy (non-hydrogen) atoms. The van der Waals surface area contributed by atoms with E-state index >= 15 is 0 Å². The van der Waals surface area contributed by atoms with Gasteiger partial charge < -0.3 is 19.1 Å². The molecule has 0 amide bonds. The van der Waals surface area contributed by atoms with Crippen molar-refractivity contribution in [3.8, 4) is 5.75 Å². The Morgan fingerprint density at radius 2 is 1.86 bits per heavy atom. The van der Waals surface area contributed by atoms with Crippen LogP contribution in [0.25, 0.3) is 0 Å². The number of hydrogen-bond acceptors (Lipinski definition) is 5. The lowest BCUT2D eigenvalue weighted by Crippen LogP contribution is -2.45. The molecule has 0 unspecified atom stereocenters. The predicted molar refractivity (Wildman–Crippen MR) is 115 cm³/mol. The van der Waals surface area contributed by atoms with Gasteiger partial charge in [-0.05, 0) is 63.7 Å². The molecule has 0 saturated carbocycles. The van der Waals surface area contributed by atoms with E-state index in [1.807, 2.05) is 26.0 Å². The molecular formula is C24H29N3O2. The first-order chi connectivity index (χ1) is 14.0. The summed E-state index contributed by atoms with van der Waals surface area (Å²) in [7, 11) is 4.34. The van der Waals surface area contributed by atoms with Gasteiger partial charge >= 0.3 is 0 Å². The highest BCUT2D eigenvalue weighted by Crippen LogP contribution is 2.30. The van der Waals surface area contributed by atoms with Gasteiger partial charge in [-0.15, -0.1) is 0 Å². The molecule has 0 bridgehead atoms. The van der Waals surface area contributed by atoms with E-state index < -0.39 is 0 Å². The molecule has 0 N–H and O–H groups in total. The summed E-state index contributed by atoms with van der Waals surface area (Å²) in [5.41, 5.74) is 5.97. The Hall–Kier alpha value is -2.79. The molecule has 5 nitrogen and oxygen atoms in total. The summed E-state index contributed by atoms with van der Waals surface area (Å²) in [6.07, 6.45) is 1.11. The molecule has 2 heterocycles. The normalized spacial score (nSPS) is 16.2. The van der Waals surface area contributed by atoms with Crippen LogP contribution in [0.2, 0.25) is 0 Å². The third-order valence-electron chi connectivity index (χ3n) is 5.81. The molecule has 0 spiro atoms. The van der Waals surface area contributed by atoms with Crippen molar-refractivity contribution in [2.75, 3.05) is 25.5 Å². The number of para-hydroxylation sites is 1. The van der Waals surface area contributed by atoms with E-state index in [4.69, 9.17) is 9.26 Å². The van der Waals surface area contributed by atoms with Gasteiger partial charge in [0.05, 0.1) is 11.3 Å². The summed E-state index contributed by atoms with van der Waals surface area (Å²) in [5.74, 6) is 1.68. The molecular weight excluding hydrogens is 362 g/mol. The smallest absolute Gasteiger partial charge is 0.140 e. The minimum atomic E-state index is 0.477. The van der Waals surface area contributed by atoms with Crippen molar-refractivity contribution < 1.29 is 9.26 Å². The number of aromatic nitrogens is 1. The van der Waals surface area contributed by atoms with Gasteiger partial charge in [0.1, 0.15) is 18.1 Å². The number of fused-ring (bicyclic) bond motifs is 1. The molecule has 1 aliphatic rings. The number of nitrogens with zero attached hydrogens (tertiary/aromatic N) is 3. The van der Waals surface area contributed by atoms with Crippen molar-refractivity contribution >= 4 is 5.69 Å². The second-order valence-corrected chi connectivity index (χ2v) is 8.07. The topological polar surface area (TPSA) is 41.7 Å². The molecule has 0 fully saturated rings. The van der Waals surface area contributed by atoms with Crippen molar-refractivity contribution in [1.29, 1.82) is 0 Å². The average molecular weight is 392 g/mol. The molecule has 0 aliphatic carbocycles. The van der Waals surface area contributed by atoms with E-state index in [-0.39, 0.29) is 0 Å². The van der Waals surface area contributed by atoms with E-state index in [1.165, 1.54) is 16.8 Å². The Kier molecular flexibility index (Phi) is 5.58. The summed E-state index contributed by atoms with van der Waals surface area (Å²) in [5, 5.41) is 3.98. The minimum absolute atomic E-state index is 0.477. The van der Waals surface area contributed by atoms with E-state index in [0.717, 1.165) is 42.3 Å². The molecule has 0 saturated heterocycles. The van der Waals surface area contributed by atoms with E-state index in [2.05, 4.69) is 65.5 Å². The number of rotatable bonds is 6. The molecule has 4 rings (SSSR count). The molecule has 0 radical (unpaired) electrons. The summed E-state index contributed by atoms with van der Waals surface area (Å²) >= 11 is 0. The third kappa shape index (κ3) is 4.30. The van der Waals surface area contributed by atoms with E-state index in [1.54, 1.807) is 0 Å². The van der Waals surface area contributed by atoms with Crippen molar-refractivity contribution in [3.05, 3.63) is 76.7 Å². The van der Waals surface area contributed by atoms with Crippen LogP contribution >= 0.6 is 0 Å². The highest BCUT2D eigenvalue weighted by Gasteiger charge is 2.25. The Balaban J connectivity index is 1.44. The predicted octanol–water partition coefficient (Wildman–Crippen LogP) is 4.36. The lowest BCUT2D eigenvalue weighted by Gasteiger charge is -2.39. The lowest BCUT2D eigenvalue weighted by molar-refractivity contribution is 0.285. The number of ether oxygens (including phenoxy) is 1. The van der Waals surface area contributed by atoms with Gasteiger partial charge in [-0.25, -0.2) is 0 Å². The average Bonchev–Trinajstić information content (AvgIpc) is 3.05. The SMILES string of the molecule is Cc1noc(C)c1COc1ccc(CN2C[C@@H](N(C)C)Cc3ccccc32)cc1. The summed E-state index contributed by atoms with van der Waals surface area (Å²) in [4.78, 5) is 4.82. The van der Waals surface area contributed by atoms with Crippen LogP contribution in [0.15, 0.2) is 53.1 Å². The second kappa shape index (κ2) is 8.29. The van der Waals surface area contributed by atoms with Gasteiger partial charge in [0, 0.05) is 24.8 Å². The molecule has 2 aromatic carbocycles. The summed E-state index contributed by atoms with van der Waals surface area (Å²) in [6.45, 7) is 6.26. The van der Waals surface area contributed by atoms with Crippen LogP contribution in [0.1, 0.15) is 28.1 Å². The largest absolute Gasteiger partial charge is 0.489 e. The lowest BCUT2D eigenvalue weighted by atomic mass is 9.96. The van der Waals surface area contributed by atoms with Crippen LogP contribution in [0.5, 0.6) is 5.75 Å². The first-order valence-corrected chi connectivity index (χ1v) is 10.1.